The third-order valence-corrected chi connectivity index (χ3v) is 6.43. The van der Waals surface area contributed by atoms with Gasteiger partial charge in [-0.1, -0.05) is 38.1 Å². The molecule has 0 amide bonds. The van der Waals surface area contributed by atoms with E-state index in [1.165, 1.54) is 21.1 Å². The summed E-state index contributed by atoms with van der Waals surface area (Å²) in [5, 5.41) is 5.86. The number of fused-ring (bicyclic) bond motifs is 1. The first-order valence-electron chi connectivity index (χ1n) is 7.13. The molecule has 0 saturated carbocycles. The molecule has 0 spiro atoms. The maximum atomic E-state index is 3.69. The lowest BCUT2D eigenvalue weighted by Crippen LogP contribution is -2.34. The van der Waals surface area contributed by atoms with Crippen molar-refractivity contribution in [2.45, 2.75) is 30.1 Å². The Kier molecular flexibility index (Phi) is 4.20. The van der Waals surface area contributed by atoms with Crippen LogP contribution in [0.2, 0.25) is 0 Å². The Morgan fingerprint density at radius 1 is 1.20 bits per heavy atom. The Balaban J connectivity index is 1.57. The molecule has 20 heavy (non-hydrogen) atoms. The summed E-state index contributed by atoms with van der Waals surface area (Å²) in [5.41, 5.74) is 1.75. The Hall–Kier alpha value is -0.770. The molecule has 1 N–H and O–H groups in total. The SMILES string of the molecule is CC(C)(CNCC1CSc2ccccc21)c1cccs1. The van der Waals surface area contributed by atoms with Gasteiger partial charge in [-0.3, -0.25) is 0 Å². The van der Waals surface area contributed by atoms with Gasteiger partial charge in [-0.15, -0.1) is 23.1 Å². The van der Waals surface area contributed by atoms with E-state index in [1.807, 2.05) is 23.1 Å². The van der Waals surface area contributed by atoms with Crippen molar-refractivity contribution in [3.05, 3.63) is 52.2 Å². The van der Waals surface area contributed by atoms with Crippen LogP contribution in [-0.2, 0) is 5.41 Å². The first-order chi connectivity index (χ1) is 9.67. The number of nitrogens with one attached hydrogen (secondary N) is 1. The predicted octanol–water partition coefficient (Wildman–Crippen LogP) is 4.50. The largest absolute Gasteiger partial charge is 0.315 e. The number of hydrogen-bond donors (Lipinski definition) is 1. The molecule has 1 nitrogen and oxygen atoms in total. The highest BCUT2D eigenvalue weighted by molar-refractivity contribution is 7.99. The van der Waals surface area contributed by atoms with Gasteiger partial charge in [0, 0.05) is 39.9 Å². The van der Waals surface area contributed by atoms with E-state index in [1.54, 1.807) is 0 Å². The van der Waals surface area contributed by atoms with Gasteiger partial charge < -0.3 is 5.32 Å². The van der Waals surface area contributed by atoms with Crippen molar-refractivity contribution < 1.29 is 0 Å². The molecule has 1 atom stereocenters. The second-order valence-electron chi connectivity index (χ2n) is 6.04. The zero-order valence-corrected chi connectivity index (χ0v) is 13.7. The van der Waals surface area contributed by atoms with Gasteiger partial charge in [0.1, 0.15) is 0 Å². The summed E-state index contributed by atoms with van der Waals surface area (Å²) < 4.78 is 0. The molecule has 1 unspecified atom stereocenters. The van der Waals surface area contributed by atoms with Crippen LogP contribution in [0.15, 0.2) is 46.7 Å². The Morgan fingerprint density at radius 2 is 2.05 bits per heavy atom. The van der Waals surface area contributed by atoms with E-state index in [9.17, 15) is 0 Å². The Bertz CT molecular complexity index is 560. The van der Waals surface area contributed by atoms with Gasteiger partial charge in [0.15, 0.2) is 0 Å². The Labute approximate surface area is 129 Å². The monoisotopic (exact) mass is 303 g/mol. The molecule has 0 saturated heterocycles. The fraction of sp³-hybridized carbons (Fsp3) is 0.412. The van der Waals surface area contributed by atoms with Crippen molar-refractivity contribution in [2.75, 3.05) is 18.8 Å². The standard InChI is InChI=1S/C17H21NS2/c1-17(2,16-8-5-9-19-16)12-18-10-13-11-20-15-7-4-3-6-14(13)15/h3-9,13,18H,10-12H2,1-2H3. The van der Waals surface area contributed by atoms with E-state index in [0.717, 1.165) is 13.1 Å². The van der Waals surface area contributed by atoms with Crippen LogP contribution in [0.1, 0.15) is 30.2 Å². The molecule has 1 aromatic heterocycles. The molecule has 106 valence electrons. The summed E-state index contributed by atoms with van der Waals surface area (Å²) >= 11 is 3.85. The van der Waals surface area contributed by atoms with Gasteiger partial charge in [0.2, 0.25) is 0 Å². The van der Waals surface area contributed by atoms with Crippen LogP contribution in [0, 0.1) is 0 Å². The van der Waals surface area contributed by atoms with Crippen molar-refractivity contribution in [1.82, 2.24) is 5.32 Å². The van der Waals surface area contributed by atoms with Crippen LogP contribution in [0.4, 0.5) is 0 Å². The van der Waals surface area contributed by atoms with Gasteiger partial charge in [-0.05, 0) is 23.1 Å². The maximum Gasteiger partial charge on any atom is 0.0115 e. The van der Waals surface area contributed by atoms with Crippen LogP contribution in [0.3, 0.4) is 0 Å². The van der Waals surface area contributed by atoms with E-state index in [0.29, 0.717) is 5.92 Å². The molecule has 1 aromatic carbocycles. The average molecular weight is 303 g/mol. The first-order valence-corrected chi connectivity index (χ1v) is 9.00. The number of thiophene rings is 1. The molecule has 2 aromatic rings. The normalized spacial score (nSPS) is 18.2. The second kappa shape index (κ2) is 5.92. The zero-order valence-electron chi connectivity index (χ0n) is 12.1. The Morgan fingerprint density at radius 3 is 2.85 bits per heavy atom. The predicted molar refractivity (Wildman–Crippen MR) is 90.1 cm³/mol. The molecule has 3 rings (SSSR count). The van der Waals surface area contributed by atoms with E-state index in [2.05, 4.69) is 60.9 Å². The molecule has 1 aliphatic heterocycles. The van der Waals surface area contributed by atoms with Crippen LogP contribution in [0.25, 0.3) is 0 Å². The minimum atomic E-state index is 0.222. The molecule has 0 bridgehead atoms. The van der Waals surface area contributed by atoms with Gasteiger partial charge in [0.05, 0.1) is 0 Å². The van der Waals surface area contributed by atoms with Crippen LogP contribution < -0.4 is 5.32 Å². The van der Waals surface area contributed by atoms with Gasteiger partial charge in [0.25, 0.3) is 0 Å². The number of benzene rings is 1. The summed E-state index contributed by atoms with van der Waals surface area (Å²) in [6, 6.07) is 13.2. The smallest absolute Gasteiger partial charge is 0.0115 e. The van der Waals surface area contributed by atoms with E-state index in [-0.39, 0.29) is 5.41 Å². The van der Waals surface area contributed by atoms with Crippen molar-refractivity contribution in [2.24, 2.45) is 0 Å². The van der Waals surface area contributed by atoms with Crippen molar-refractivity contribution >= 4 is 23.1 Å². The third-order valence-electron chi connectivity index (χ3n) is 3.94. The van der Waals surface area contributed by atoms with E-state index < -0.39 is 0 Å². The van der Waals surface area contributed by atoms with Crippen LogP contribution >= 0.6 is 23.1 Å². The average Bonchev–Trinajstić information content (AvgIpc) is 3.08. The zero-order chi connectivity index (χ0) is 14.0. The van der Waals surface area contributed by atoms with E-state index in [4.69, 9.17) is 0 Å². The molecule has 1 aliphatic rings. The number of rotatable bonds is 5. The molecule has 3 heteroatoms. The second-order valence-corrected chi connectivity index (χ2v) is 8.05. The quantitative estimate of drug-likeness (QED) is 0.872. The highest BCUT2D eigenvalue weighted by atomic mass is 32.2. The van der Waals surface area contributed by atoms with Crippen LogP contribution in [0.5, 0.6) is 0 Å². The first kappa shape index (κ1) is 14.2. The van der Waals surface area contributed by atoms with E-state index >= 15 is 0 Å². The number of thioether (sulfide) groups is 1. The lowest BCUT2D eigenvalue weighted by Gasteiger charge is -2.25. The lowest BCUT2D eigenvalue weighted by atomic mass is 9.91. The molecule has 0 fully saturated rings. The summed E-state index contributed by atoms with van der Waals surface area (Å²) in [4.78, 5) is 2.93. The van der Waals surface area contributed by atoms with Crippen molar-refractivity contribution in [1.29, 1.82) is 0 Å². The topological polar surface area (TPSA) is 12.0 Å². The molecular weight excluding hydrogens is 282 g/mol. The van der Waals surface area contributed by atoms with Gasteiger partial charge >= 0.3 is 0 Å². The van der Waals surface area contributed by atoms with Crippen molar-refractivity contribution in [3.63, 3.8) is 0 Å². The highest BCUT2D eigenvalue weighted by Crippen LogP contribution is 2.38. The fourth-order valence-electron chi connectivity index (χ4n) is 2.71. The van der Waals surface area contributed by atoms with Gasteiger partial charge in [-0.25, -0.2) is 0 Å². The lowest BCUT2D eigenvalue weighted by molar-refractivity contribution is 0.467. The summed E-state index contributed by atoms with van der Waals surface area (Å²) in [6.07, 6.45) is 0. The molecule has 2 heterocycles. The molecule has 0 aliphatic carbocycles. The summed E-state index contributed by atoms with van der Waals surface area (Å²) in [7, 11) is 0. The number of hydrogen-bond acceptors (Lipinski definition) is 3. The maximum absolute atomic E-state index is 3.69. The third kappa shape index (κ3) is 2.95. The van der Waals surface area contributed by atoms with Crippen molar-refractivity contribution in [3.8, 4) is 0 Å². The minimum Gasteiger partial charge on any atom is -0.315 e. The summed E-state index contributed by atoms with van der Waals surface area (Å²) in [5.74, 6) is 1.88. The minimum absolute atomic E-state index is 0.222. The highest BCUT2D eigenvalue weighted by Gasteiger charge is 2.25. The van der Waals surface area contributed by atoms with Gasteiger partial charge in [-0.2, -0.15) is 0 Å². The molecule has 0 radical (unpaired) electrons. The van der Waals surface area contributed by atoms with Crippen LogP contribution in [-0.4, -0.2) is 18.8 Å². The summed E-state index contributed by atoms with van der Waals surface area (Å²) in [6.45, 7) is 6.77. The molecular formula is C17H21NS2. The fourth-order valence-corrected chi connectivity index (χ4v) is 4.81.